The second-order valence-electron chi connectivity index (χ2n) is 6.49. The van der Waals surface area contributed by atoms with Gasteiger partial charge in [0.1, 0.15) is 0 Å². The minimum atomic E-state index is -0.230. The molecule has 27 heavy (non-hydrogen) atoms. The third-order valence-electron chi connectivity index (χ3n) is 4.35. The first-order valence-corrected chi connectivity index (χ1v) is 8.84. The van der Waals surface area contributed by atoms with Crippen molar-refractivity contribution in [1.82, 2.24) is 5.32 Å². The number of hydrogen-bond donors (Lipinski definition) is 2. The maximum atomic E-state index is 12.6. The first kappa shape index (κ1) is 18.4. The zero-order valence-electron chi connectivity index (χ0n) is 15.5. The Morgan fingerprint density at radius 2 is 1.48 bits per heavy atom. The van der Waals surface area contributed by atoms with Crippen molar-refractivity contribution in [2.24, 2.45) is 0 Å². The van der Waals surface area contributed by atoms with Crippen LogP contribution in [0.5, 0.6) is 0 Å². The topological polar surface area (TPSA) is 58.2 Å². The molecule has 0 aliphatic carbocycles. The molecule has 0 saturated heterocycles. The van der Waals surface area contributed by atoms with Crippen molar-refractivity contribution >= 4 is 17.5 Å². The molecule has 3 aromatic carbocycles. The highest BCUT2D eigenvalue weighted by Crippen LogP contribution is 2.18. The van der Waals surface area contributed by atoms with E-state index in [0.29, 0.717) is 23.4 Å². The van der Waals surface area contributed by atoms with E-state index in [2.05, 4.69) is 10.6 Å². The summed E-state index contributed by atoms with van der Waals surface area (Å²) in [5.41, 5.74) is 4.58. The Morgan fingerprint density at radius 3 is 2.22 bits per heavy atom. The number of carbonyl (C=O) groups is 2. The normalized spacial score (nSPS) is 10.3. The molecule has 0 spiro atoms. The van der Waals surface area contributed by atoms with E-state index in [4.69, 9.17) is 0 Å². The predicted molar refractivity (Wildman–Crippen MR) is 108 cm³/mol. The molecule has 0 atom stereocenters. The molecule has 0 bridgehead atoms. The second kappa shape index (κ2) is 8.32. The predicted octanol–water partition coefficient (Wildman–Crippen LogP) is 4.49. The Bertz CT molecular complexity index is 979. The summed E-state index contributed by atoms with van der Waals surface area (Å²) >= 11 is 0. The number of aryl methyl sites for hydroxylation is 2. The lowest BCUT2D eigenvalue weighted by Crippen LogP contribution is -2.25. The van der Waals surface area contributed by atoms with Gasteiger partial charge >= 0.3 is 0 Å². The fraction of sp³-hybridized carbons (Fsp3) is 0.130. The summed E-state index contributed by atoms with van der Waals surface area (Å²) in [6, 6.07) is 22.4. The quantitative estimate of drug-likeness (QED) is 0.706. The van der Waals surface area contributed by atoms with Crippen molar-refractivity contribution in [1.29, 1.82) is 0 Å². The molecule has 0 fully saturated rings. The summed E-state index contributed by atoms with van der Waals surface area (Å²) in [6.45, 7) is 4.33. The Balaban J connectivity index is 1.74. The zero-order chi connectivity index (χ0) is 19.2. The van der Waals surface area contributed by atoms with Gasteiger partial charge in [-0.05, 0) is 43.2 Å². The van der Waals surface area contributed by atoms with Gasteiger partial charge in [0.2, 0.25) is 0 Å². The highest BCUT2D eigenvalue weighted by molar-refractivity contribution is 6.09. The molecule has 136 valence electrons. The Labute approximate surface area is 159 Å². The van der Waals surface area contributed by atoms with Gasteiger partial charge < -0.3 is 10.6 Å². The molecule has 0 radical (unpaired) electrons. The number of anilines is 1. The minimum absolute atomic E-state index is 0.225. The van der Waals surface area contributed by atoms with Crippen molar-refractivity contribution in [2.75, 3.05) is 5.32 Å². The zero-order valence-corrected chi connectivity index (χ0v) is 15.5. The molecule has 0 unspecified atom stereocenters. The van der Waals surface area contributed by atoms with Crippen molar-refractivity contribution in [2.45, 2.75) is 20.4 Å². The third kappa shape index (κ3) is 4.61. The Hall–Kier alpha value is -3.40. The molecule has 0 heterocycles. The van der Waals surface area contributed by atoms with E-state index in [0.717, 1.165) is 16.7 Å². The summed E-state index contributed by atoms with van der Waals surface area (Å²) < 4.78 is 0. The van der Waals surface area contributed by atoms with Gasteiger partial charge in [-0.1, -0.05) is 60.2 Å². The van der Waals surface area contributed by atoms with Crippen LogP contribution in [-0.2, 0) is 6.54 Å². The van der Waals surface area contributed by atoms with Crippen molar-refractivity contribution in [3.05, 3.63) is 101 Å². The van der Waals surface area contributed by atoms with Crippen molar-refractivity contribution < 1.29 is 9.59 Å². The standard InChI is InChI=1S/C23H22N2O2/c1-16-8-7-10-18(14-16)15-24-22(26)20-12-5-6-13-21(20)25-23(27)19-11-4-3-9-17(19)2/h3-14H,15H2,1-2H3,(H,24,26)(H,25,27). The fourth-order valence-corrected chi connectivity index (χ4v) is 2.91. The smallest absolute Gasteiger partial charge is 0.255 e. The van der Waals surface area contributed by atoms with Crippen LogP contribution >= 0.6 is 0 Å². The lowest BCUT2D eigenvalue weighted by molar-refractivity contribution is 0.0952. The van der Waals surface area contributed by atoms with Crippen LogP contribution in [0.3, 0.4) is 0 Å². The fourth-order valence-electron chi connectivity index (χ4n) is 2.91. The molecule has 0 saturated carbocycles. The Kier molecular flexibility index (Phi) is 5.67. The summed E-state index contributed by atoms with van der Waals surface area (Å²) in [5, 5.41) is 5.77. The Morgan fingerprint density at radius 1 is 0.778 bits per heavy atom. The molecule has 2 amide bonds. The lowest BCUT2D eigenvalue weighted by Gasteiger charge is -2.12. The number of amides is 2. The van der Waals surface area contributed by atoms with Gasteiger partial charge in [-0.15, -0.1) is 0 Å². The first-order valence-electron chi connectivity index (χ1n) is 8.84. The van der Waals surface area contributed by atoms with Crippen LogP contribution in [0.4, 0.5) is 5.69 Å². The average Bonchev–Trinajstić information content (AvgIpc) is 2.67. The largest absolute Gasteiger partial charge is 0.348 e. The minimum Gasteiger partial charge on any atom is -0.348 e. The van der Waals surface area contributed by atoms with Gasteiger partial charge in [0, 0.05) is 12.1 Å². The molecular weight excluding hydrogens is 336 g/mol. The number of nitrogens with one attached hydrogen (secondary N) is 2. The molecule has 4 heteroatoms. The third-order valence-corrected chi connectivity index (χ3v) is 4.35. The van der Waals surface area contributed by atoms with E-state index in [9.17, 15) is 9.59 Å². The summed E-state index contributed by atoms with van der Waals surface area (Å²) in [6.07, 6.45) is 0. The van der Waals surface area contributed by atoms with Gasteiger partial charge in [0.25, 0.3) is 11.8 Å². The van der Waals surface area contributed by atoms with Crippen LogP contribution in [0, 0.1) is 13.8 Å². The van der Waals surface area contributed by atoms with Gasteiger partial charge in [-0.25, -0.2) is 0 Å². The van der Waals surface area contributed by atoms with Crippen LogP contribution in [0.2, 0.25) is 0 Å². The molecule has 0 aliphatic heterocycles. The van der Waals surface area contributed by atoms with Crippen LogP contribution < -0.4 is 10.6 Å². The molecule has 3 rings (SSSR count). The molecule has 4 nitrogen and oxygen atoms in total. The number of carbonyl (C=O) groups excluding carboxylic acids is 2. The molecule has 0 aliphatic rings. The van der Waals surface area contributed by atoms with Gasteiger partial charge in [-0.2, -0.15) is 0 Å². The van der Waals surface area contributed by atoms with Crippen molar-refractivity contribution in [3.8, 4) is 0 Å². The highest BCUT2D eigenvalue weighted by atomic mass is 16.2. The molecular formula is C23H22N2O2. The van der Waals surface area contributed by atoms with Crippen LogP contribution in [-0.4, -0.2) is 11.8 Å². The summed E-state index contributed by atoms with van der Waals surface area (Å²) in [7, 11) is 0. The number of hydrogen-bond acceptors (Lipinski definition) is 2. The van der Waals surface area contributed by atoms with Crippen LogP contribution in [0.15, 0.2) is 72.8 Å². The highest BCUT2D eigenvalue weighted by Gasteiger charge is 2.15. The van der Waals surface area contributed by atoms with E-state index in [1.165, 1.54) is 0 Å². The van der Waals surface area contributed by atoms with E-state index < -0.39 is 0 Å². The molecule has 2 N–H and O–H groups in total. The lowest BCUT2D eigenvalue weighted by atomic mass is 10.1. The van der Waals surface area contributed by atoms with Crippen LogP contribution in [0.25, 0.3) is 0 Å². The summed E-state index contributed by atoms with van der Waals surface area (Å²) in [5.74, 6) is -0.454. The van der Waals surface area contributed by atoms with Gasteiger partial charge in [0.15, 0.2) is 0 Å². The molecule has 0 aromatic heterocycles. The maximum absolute atomic E-state index is 12.6. The van der Waals surface area contributed by atoms with E-state index in [1.807, 2.05) is 56.3 Å². The SMILES string of the molecule is Cc1cccc(CNC(=O)c2ccccc2NC(=O)c2ccccc2C)c1. The maximum Gasteiger partial charge on any atom is 0.255 e. The number of rotatable bonds is 5. The van der Waals surface area contributed by atoms with E-state index in [-0.39, 0.29) is 11.8 Å². The monoisotopic (exact) mass is 358 g/mol. The average molecular weight is 358 g/mol. The first-order chi connectivity index (χ1) is 13.0. The van der Waals surface area contributed by atoms with Crippen molar-refractivity contribution in [3.63, 3.8) is 0 Å². The van der Waals surface area contributed by atoms with Gasteiger partial charge in [-0.3, -0.25) is 9.59 Å². The van der Waals surface area contributed by atoms with Crippen LogP contribution in [0.1, 0.15) is 37.4 Å². The molecule has 3 aromatic rings. The second-order valence-corrected chi connectivity index (χ2v) is 6.49. The summed E-state index contributed by atoms with van der Waals surface area (Å²) in [4.78, 5) is 25.2. The van der Waals surface area contributed by atoms with E-state index >= 15 is 0 Å². The van der Waals surface area contributed by atoms with E-state index in [1.54, 1.807) is 30.3 Å². The number of para-hydroxylation sites is 1. The van der Waals surface area contributed by atoms with Gasteiger partial charge in [0.05, 0.1) is 11.3 Å². The number of benzene rings is 3.